The van der Waals surface area contributed by atoms with Crippen LogP contribution in [0.5, 0.6) is 0 Å². The fourth-order valence-electron chi connectivity index (χ4n) is 3.60. The molecule has 0 saturated carbocycles. The molecule has 2 aliphatic heterocycles. The standard InChI is InChI=1S/C21H19N7O7S/c22-12-4-5-23-17(24-12)14(26-35-9-13(29)30)18(31)25-15-19(32)28-16(21(33)34)11(10-36-20(15)28)8-27-6-2-1-3-7-27/h1-7,15,20H,8-10H2,(H4-,22,23,24,25,29,30,31,33,34)/p+1/b26-14-/t15?,20-/m1/s1. The lowest BCUT2D eigenvalue weighted by Gasteiger charge is -2.49. The topological polar surface area (TPSA) is 201 Å². The van der Waals surface area contributed by atoms with Crippen LogP contribution < -0.4 is 15.6 Å². The number of nitrogen functional groups attached to an aromatic ring is 1. The number of nitrogens with zero attached hydrogens (tertiary/aromatic N) is 5. The maximum Gasteiger partial charge on any atom is 0.352 e. The number of hydrogen-bond acceptors (Lipinski definition) is 10. The summed E-state index contributed by atoms with van der Waals surface area (Å²) >= 11 is 1.30. The van der Waals surface area contributed by atoms with Crippen LogP contribution in [0, 0.1) is 0 Å². The monoisotopic (exact) mass is 514 g/mol. The molecule has 0 aliphatic carbocycles. The van der Waals surface area contributed by atoms with Crippen LogP contribution in [0.1, 0.15) is 5.82 Å². The van der Waals surface area contributed by atoms with Gasteiger partial charge in [0.05, 0.1) is 0 Å². The van der Waals surface area contributed by atoms with E-state index in [4.69, 9.17) is 10.8 Å². The summed E-state index contributed by atoms with van der Waals surface area (Å²) in [4.78, 5) is 62.3. The molecule has 0 bridgehead atoms. The number of β-lactam (4-membered cyclic amide) rings is 1. The number of rotatable bonds is 9. The van der Waals surface area contributed by atoms with Crippen molar-refractivity contribution >= 4 is 47.0 Å². The second kappa shape index (κ2) is 10.4. The first-order chi connectivity index (χ1) is 17.3. The van der Waals surface area contributed by atoms with Gasteiger partial charge in [0.2, 0.25) is 12.3 Å². The highest BCUT2D eigenvalue weighted by molar-refractivity contribution is 8.00. The van der Waals surface area contributed by atoms with Crippen molar-refractivity contribution in [3.8, 4) is 0 Å². The van der Waals surface area contributed by atoms with E-state index in [1.165, 1.54) is 24.0 Å². The minimum atomic E-state index is -1.33. The van der Waals surface area contributed by atoms with Crippen molar-refractivity contribution in [1.82, 2.24) is 20.2 Å². The van der Waals surface area contributed by atoms with Gasteiger partial charge in [0.1, 0.15) is 22.9 Å². The Balaban J connectivity index is 1.54. The van der Waals surface area contributed by atoms with Gasteiger partial charge in [-0.15, -0.1) is 11.8 Å². The van der Waals surface area contributed by atoms with Crippen molar-refractivity contribution in [2.24, 2.45) is 5.16 Å². The number of fused-ring (bicyclic) bond motifs is 1. The number of nitrogens with two attached hydrogens (primary N) is 1. The average Bonchev–Trinajstić information content (AvgIpc) is 2.85. The number of amides is 2. The van der Waals surface area contributed by atoms with E-state index in [-0.39, 0.29) is 23.9 Å². The predicted molar refractivity (Wildman–Crippen MR) is 123 cm³/mol. The smallest absolute Gasteiger partial charge is 0.352 e. The Kier molecular flexibility index (Phi) is 7.10. The number of aliphatic carboxylic acids is 2. The summed E-state index contributed by atoms with van der Waals surface area (Å²) in [5.41, 5.74) is 5.57. The van der Waals surface area contributed by atoms with Gasteiger partial charge in [-0.05, 0) is 6.07 Å². The zero-order valence-electron chi connectivity index (χ0n) is 18.5. The molecule has 36 heavy (non-hydrogen) atoms. The Morgan fingerprint density at radius 2 is 2.03 bits per heavy atom. The van der Waals surface area contributed by atoms with Crippen LogP contribution >= 0.6 is 11.8 Å². The fourth-order valence-corrected chi connectivity index (χ4v) is 4.93. The minimum absolute atomic E-state index is 0.0209. The summed E-state index contributed by atoms with van der Waals surface area (Å²) in [6.45, 7) is -0.545. The van der Waals surface area contributed by atoms with Gasteiger partial charge in [-0.25, -0.2) is 24.1 Å². The molecule has 0 radical (unpaired) electrons. The second-order valence-corrected chi connectivity index (χ2v) is 8.68. The van der Waals surface area contributed by atoms with Crippen molar-refractivity contribution in [2.75, 3.05) is 18.1 Å². The van der Waals surface area contributed by atoms with E-state index in [2.05, 4.69) is 25.3 Å². The Labute approximate surface area is 207 Å². The van der Waals surface area contributed by atoms with Crippen molar-refractivity contribution in [1.29, 1.82) is 0 Å². The molecular formula is C21H20N7O7S+. The highest BCUT2D eigenvalue weighted by Crippen LogP contribution is 2.40. The van der Waals surface area contributed by atoms with E-state index in [9.17, 15) is 24.3 Å². The number of pyridine rings is 1. The van der Waals surface area contributed by atoms with Gasteiger partial charge >= 0.3 is 11.9 Å². The van der Waals surface area contributed by atoms with Gasteiger partial charge in [0, 0.05) is 29.7 Å². The number of nitrogens with one attached hydrogen (secondary N) is 1. The van der Waals surface area contributed by atoms with Crippen LogP contribution in [0.4, 0.5) is 5.82 Å². The predicted octanol–water partition coefficient (Wildman–Crippen LogP) is -1.41. The number of carbonyl (C=O) groups excluding carboxylic acids is 2. The first-order valence-electron chi connectivity index (χ1n) is 10.4. The van der Waals surface area contributed by atoms with E-state index in [0.717, 1.165) is 4.90 Å². The average molecular weight is 515 g/mol. The van der Waals surface area contributed by atoms with E-state index in [1.807, 2.05) is 18.2 Å². The first kappa shape index (κ1) is 24.6. The van der Waals surface area contributed by atoms with Crippen molar-refractivity contribution in [2.45, 2.75) is 18.0 Å². The van der Waals surface area contributed by atoms with Gasteiger partial charge in [0.15, 0.2) is 24.8 Å². The van der Waals surface area contributed by atoms with Gasteiger partial charge in [-0.3, -0.25) is 14.5 Å². The van der Waals surface area contributed by atoms with Crippen LogP contribution in [0.15, 0.2) is 59.3 Å². The zero-order chi connectivity index (χ0) is 25.8. The largest absolute Gasteiger partial charge is 0.479 e. The molecule has 14 nitrogen and oxygen atoms in total. The summed E-state index contributed by atoms with van der Waals surface area (Å²) in [5, 5.41) is 23.9. The zero-order valence-corrected chi connectivity index (χ0v) is 19.3. The maximum atomic E-state index is 13.0. The molecule has 5 N–H and O–H groups in total. The van der Waals surface area contributed by atoms with Crippen LogP contribution in [0.2, 0.25) is 0 Å². The van der Waals surface area contributed by atoms with E-state index in [0.29, 0.717) is 11.3 Å². The Morgan fingerprint density at radius 1 is 1.28 bits per heavy atom. The quantitative estimate of drug-likeness (QED) is 0.133. The van der Waals surface area contributed by atoms with Crippen LogP contribution in [-0.4, -0.2) is 78.3 Å². The molecular weight excluding hydrogens is 494 g/mol. The number of aromatic nitrogens is 3. The van der Waals surface area contributed by atoms with E-state index < -0.39 is 47.5 Å². The van der Waals surface area contributed by atoms with Gasteiger partial charge in [-0.1, -0.05) is 11.2 Å². The molecule has 2 atom stereocenters. The molecule has 2 amide bonds. The van der Waals surface area contributed by atoms with Crippen molar-refractivity contribution in [3.05, 3.63) is 60.0 Å². The lowest BCUT2D eigenvalue weighted by molar-refractivity contribution is -0.689. The number of anilines is 1. The molecule has 186 valence electrons. The van der Waals surface area contributed by atoms with Crippen LogP contribution in [-0.2, 0) is 30.6 Å². The van der Waals surface area contributed by atoms with Gasteiger partial charge in [0.25, 0.3) is 11.8 Å². The third kappa shape index (κ3) is 5.10. The molecule has 0 aromatic carbocycles. The van der Waals surface area contributed by atoms with Crippen molar-refractivity contribution < 1.29 is 38.8 Å². The van der Waals surface area contributed by atoms with Gasteiger partial charge in [-0.2, -0.15) is 0 Å². The summed E-state index contributed by atoms with van der Waals surface area (Å²) in [5.74, 6) is -4.01. The highest BCUT2D eigenvalue weighted by Gasteiger charge is 2.54. The molecule has 2 aliphatic rings. The maximum absolute atomic E-state index is 13.0. The number of carboxylic acid groups (broad SMARTS) is 2. The number of carbonyl (C=O) groups is 4. The van der Waals surface area contributed by atoms with Crippen LogP contribution in [0.25, 0.3) is 0 Å². The summed E-state index contributed by atoms with van der Waals surface area (Å²) in [6, 6.07) is 5.76. The SMILES string of the molecule is Nc1ccnc(/C(=N/OCC(=O)O)C(=O)NC2C(=O)N3C(C(=O)O)=C(C[n+]4ccccc4)CS[C@H]23)n1. The Morgan fingerprint density at radius 3 is 2.69 bits per heavy atom. The fraction of sp³-hybridized carbons (Fsp3) is 0.238. The minimum Gasteiger partial charge on any atom is -0.479 e. The third-order valence-corrected chi connectivity index (χ3v) is 6.47. The Bertz CT molecular complexity index is 1280. The normalized spacial score (nSPS) is 19.3. The van der Waals surface area contributed by atoms with E-state index >= 15 is 0 Å². The van der Waals surface area contributed by atoms with Crippen LogP contribution in [0.3, 0.4) is 0 Å². The number of carboxylic acids is 2. The molecule has 2 aromatic rings. The second-order valence-electron chi connectivity index (χ2n) is 7.58. The Hall–Kier alpha value is -4.53. The molecule has 4 rings (SSSR count). The van der Waals surface area contributed by atoms with Crippen molar-refractivity contribution in [3.63, 3.8) is 0 Å². The first-order valence-corrected chi connectivity index (χ1v) is 11.5. The summed E-state index contributed by atoms with van der Waals surface area (Å²) in [6.07, 6.45) is 4.84. The molecule has 1 saturated heterocycles. The molecule has 2 aromatic heterocycles. The number of oxime groups is 1. The lowest BCUT2D eigenvalue weighted by atomic mass is 10.0. The van der Waals surface area contributed by atoms with Gasteiger partial charge < -0.3 is 26.1 Å². The molecule has 4 heterocycles. The lowest BCUT2D eigenvalue weighted by Crippen LogP contribution is -2.71. The third-order valence-electron chi connectivity index (χ3n) is 5.14. The highest BCUT2D eigenvalue weighted by atomic mass is 32.2. The molecule has 1 fully saturated rings. The van der Waals surface area contributed by atoms with E-state index in [1.54, 1.807) is 17.0 Å². The number of thioether (sulfide) groups is 1. The molecule has 1 unspecified atom stereocenters. The summed E-state index contributed by atoms with van der Waals surface area (Å²) in [7, 11) is 0. The molecule has 15 heteroatoms. The number of hydrogen-bond donors (Lipinski definition) is 4. The summed E-state index contributed by atoms with van der Waals surface area (Å²) < 4.78 is 1.80. The molecule has 0 spiro atoms.